The molecule has 0 aliphatic rings. The van der Waals surface area contributed by atoms with Gasteiger partial charge in [-0.25, -0.2) is 0 Å². The number of hydrogen-bond acceptors (Lipinski definition) is 1. The van der Waals surface area contributed by atoms with Crippen LogP contribution in [0.2, 0.25) is 10.0 Å². The zero-order valence-corrected chi connectivity index (χ0v) is 17.1. The Morgan fingerprint density at radius 3 is 2.04 bits per heavy atom. The molecule has 0 amide bonds. The fraction of sp³-hybridized carbons (Fsp3) is 0. The number of benzene rings is 4. The van der Waals surface area contributed by atoms with Crippen molar-refractivity contribution >= 4 is 56.8 Å². The summed E-state index contributed by atoms with van der Waals surface area (Å²) < 4.78 is 2.31. The lowest BCUT2D eigenvalue weighted by molar-refractivity contribution is 1.18. The van der Waals surface area contributed by atoms with Crippen LogP contribution in [0.4, 0.5) is 0 Å². The van der Waals surface area contributed by atoms with E-state index in [0.717, 1.165) is 15.5 Å². The summed E-state index contributed by atoms with van der Waals surface area (Å²) in [7, 11) is 0. The van der Waals surface area contributed by atoms with Crippen LogP contribution in [0.1, 0.15) is 0 Å². The molecular weight excluding hydrogens is 405 g/mol. The Morgan fingerprint density at radius 2 is 1.25 bits per heavy atom. The summed E-state index contributed by atoms with van der Waals surface area (Å²) in [6, 6.07) is 31.2. The number of para-hydroxylation sites is 2. The lowest BCUT2D eigenvalue weighted by Gasteiger charge is -2.08. The van der Waals surface area contributed by atoms with Crippen LogP contribution < -0.4 is 0 Å². The van der Waals surface area contributed by atoms with E-state index < -0.39 is 0 Å². The first-order chi connectivity index (χ1) is 13.7. The van der Waals surface area contributed by atoms with Gasteiger partial charge in [-0.15, -0.1) is 0 Å². The van der Waals surface area contributed by atoms with E-state index in [2.05, 4.69) is 71.3 Å². The van der Waals surface area contributed by atoms with Crippen molar-refractivity contribution in [2.75, 3.05) is 0 Å². The van der Waals surface area contributed by atoms with E-state index in [0.29, 0.717) is 10.0 Å². The topological polar surface area (TPSA) is 4.93 Å². The standard InChI is InChI=1S/C24H15Cl2NS/c25-16-12-17(26)14-20(13-16)28-19-10-11-24-22(15-19)21-8-4-5-9-23(21)27(24)18-6-2-1-3-7-18/h1-15H. The van der Waals surface area contributed by atoms with E-state index in [4.69, 9.17) is 23.2 Å². The molecule has 1 aromatic heterocycles. The molecule has 0 N–H and O–H groups in total. The van der Waals surface area contributed by atoms with Crippen molar-refractivity contribution in [2.24, 2.45) is 0 Å². The van der Waals surface area contributed by atoms with Gasteiger partial charge in [-0.2, -0.15) is 0 Å². The van der Waals surface area contributed by atoms with E-state index in [1.165, 1.54) is 21.8 Å². The summed E-state index contributed by atoms with van der Waals surface area (Å²) >= 11 is 14.0. The molecule has 28 heavy (non-hydrogen) atoms. The first-order valence-electron chi connectivity index (χ1n) is 8.92. The summed E-state index contributed by atoms with van der Waals surface area (Å²) in [6.45, 7) is 0. The maximum absolute atomic E-state index is 6.16. The third-order valence-corrected chi connectivity index (χ3v) is 6.13. The molecule has 0 saturated heterocycles. The molecule has 5 aromatic rings. The van der Waals surface area contributed by atoms with Gasteiger partial charge in [-0.05, 0) is 54.6 Å². The summed E-state index contributed by atoms with van der Waals surface area (Å²) in [6.07, 6.45) is 0. The van der Waals surface area contributed by atoms with Gasteiger partial charge in [0.2, 0.25) is 0 Å². The minimum atomic E-state index is 0.650. The fourth-order valence-corrected chi connectivity index (χ4v) is 5.21. The maximum atomic E-state index is 6.16. The Kier molecular flexibility index (Phi) is 4.56. The van der Waals surface area contributed by atoms with E-state index in [1.54, 1.807) is 17.8 Å². The molecule has 0 aliphatic heterocycles. The van der Waals surface area contributed by atoms with Crippen molar-refractivity contribution < 1.29 is 0 Å². The van der Waals surface area contributed by atoms with Crippen molar-refractivity contribution in [3.05, 3.63) is 101 Å². The highest BCUT2D eigenvalue weighted by Crippen LogP contribution is 2.37. The normalized spacial score (nSPS) is 11.4. The molecule has 1 nitrogen and oxygen atoms in total. The van der Waals surface area contributed by atoms with Gasteiger partial charge in [-0.3, -0.25) is 0 Å². The summed E-state index contributed by atoms with van der Waals surface area (Å²) in [5, 5.41) is 3.78. The van der Waals surface area contributed by atoms with Gasteiger partial charge in [0.1, 0.15) is 0 Å². The number of aromatic nitrogens is 1. The average Bonchev–Trinajstić information content (AvgIpc) is 3.02. The number of fused-ring (bicyclic) bond motifs is 3. The molecular formula is C24H15Cl2NS. The molecule has 0 bridgehead atoms. The van der Waals surface area contributed by atoms with Gasteiger partial charge in [-0.1, -0.05) is 71.4 Å². The highest BCUT2D eigenvalue weighted by Gasteiger charge is 2.12. The number of hydrogen-bond donors (Lipinski definition) is 0. The molecule has 4 heteroatoms. The van der Waals surface area contributed by atoms with Crippen molar-refractivity contribution in [1.29, 1.82) is 0 Å². The smallest absolute Gasteiger partial charge is 0.0541 e. The Bertz CT molecular complexity index is 1290. The molecule has 0 fully saturated rings. The van der Waals surface area contributed by atoms with Crippen molar-refractivity contribution in [1.82, 2.24) is 4.57 Å². The Labute approximate surface area is 177 Å². The number of rotatable bonds is 3. The van der Waals surface area contributed by atoms with Crippen LogP contribution in [-0.2, 0) is 0 Å². The number of halogens is 2. The third-order valence-electron chi connectivity index (χ3n) is 4.73. The van der Waals surface area contributed by atoms with Gasteiger partial charge in [0.05, 0.1) is 11.0 Å². The summed E-state index contributed by atoms with van der Waals surface area (Å²) in [5.41, 5.74) is 3.56. The predicted octanol–water partition coefficient (Wildman–Crippen LogP) is 8.24. The monoisotopic (exact) mass is 419 g/mol. The van der Waals surface area contributed by atoms with Crippen LogP contribution in [0.3, 0.4) is 0 Å². The summed E-state index contributed by atoms with van der Waals surface area (Å²) in [4.78, 5) is 2.19. The van der Waals surface area contributed by atoms with Crippen molar-refractivity contribution in [3.63, 3.8) is 0 Å². The van der Waals surface area contributed by atoms with Crippen LogP contribution in [0, 0.1) is 0 Å². The lowest BCUT2D eigenvalue weighted by atomic mass is 10.1. The quantitative estimate of drug-likeness (QED) is 0.285. The Hall–Kier alpha value is -2.39. The van der Waals surface area contributed by atoms with Gasteiger partial charge >= 0.3 is 0 Å². The maximum Gasteiger partial charge on any atom is 0.0541 e. The van der Waals surface area contributed by atoms with E-state index >= 15 is 0 Å². The second-order valence-electron chi connectivity index (χ2n) is 6.57. The molecule has 1 heterocycles. The van der Waals surface area contributed by atoms with Crippen LogP contribution in [0.15, 0.2) is 101 Å². The third kappa shape index (κ3) is 3.18. The molecule has 0 atom stereocenters. The first-order valence-corrected chi connectivity index (χ1v) is 10.5. The molecule has 0 saturated carbocycles. The molecule has 0 aliphatic carbocycles. The Balaban J connectivity index is 1.69. The average molecular weight is 420 g/mol. The van der Waals surface area contributed by atoms with Gasteiger partial charge < -0.3 is 4.57 Å². The van der Waals surface area contributed by atoms with Crippen molar-refractivity contribution in [2.45, 2.75) is 9.79 Å². The van der Waals surface area contributed by atoms with Gasteiger partial charge in [0.25, 0.3) is 0 Å². The van der Waals surface area contributed by atoms with Crippen LogP contribution in [-0.4, -0.2) is 4.57 Å². The molecule has 0 radical (unpaired) electrons. The highest BCUT2D eigenvalue weighted by atomic mass is 35.5. The largest absolute Gasteiger partial charge is 0.309 e. The zero-order valence-electron chi connectivity index (χ0n) is 14.8. The van der Waals surface area contributed by atoms with Crippen LogP contribution in [0.5, 0.6) is 0 Å². The number of nitrogens with zero attached hydrogens (tertiary/aromatic N) is 1. The van der Waals surface area contributed by atoms with Crippen LogP contribution >= 0.6 is 35.0 Å². The molecule has 4 aromatic carbocycles. The predicted molar refractivity (Wildman–Crippen MR) is 121 cm³/mol. The molecule has 136 valence electrons. The second kappa shape index (κ2) is 7.21. The van der Waals surface area contributed by atoms with E-state index in [-0.39, 0.29) is 0 Å². The molecule has 5 rings (SSSR count). The SMILES string of the molecule is Clc1cc(Cl)cc(Sc2ccc3c(c2)c2ccccc2n3-c2ccccc2)c1. The lowest BCUT2D eigenvalue weighted by Crippen LogP contribution is -1.92. The van der Waals surface area contributed by atoms with Crippen molar-refractivity contribution in [3.8, 4) is 5.69 Å². The summed E-state index contributed by atoms with van der Waals surface area (Å²) in [5.74, 6) is 0. The van der Waals surface area contributed by atoms with E-state index in [1.807, 2.05) is 18.2 Å². The molecule has 0 spiro atoms. The Morgan fingerprint density at radius 1 is 0.571 bits per heavy atom. The fourth-order valence-electron chi connectivity index (χ4n) is 3.59. The molecule has 0 unspecified atom stereocenters. The highest BCUT2D eigenvalue weighted by molar-refractivity contribution is 7.99. The van der Waals surface area contributed by atoms with E-state index in [9.17, 15) is 0 Å². The first kappa shape index (κ1) is 17.7. The second-order valence-corrected chi connectivity index (χ2v) is 8.59. The van der Waals surface area contributed by atoms with Crippen LogP contribution in [0.25, 0.3) is 27.5 Å². The minimum absolute atomic E-state index is 0.650. The zero-order chi connectivity index (χ0) is 19.1. The minimum Gasteiger partial charge on any atom is -0.309 e. The van der Waals surface area contributed by atoms with Gasteiger partial charge in [0, 0.05) is 36.3 Å². The van der Waals surface area contributed by atoms with Gasteiger partial charge in [0.15, 0.2) is 0 Å².